The summed E-state index contributed by atoms with van der Waals surface area (Å²) in [5.41, 5.74) is 1.56. The minimum absolute atomic E-state index is 1.21. The van der Waals surface area contributed by atoms with E-state index in [9.17, 15) is 0 Å². The van der Waals surface area contributed by atoms with Crippen LogP contribution >= 0.6 is 11.3 Å². The number of nitrogens with two attached hydrogens (primary N) is 1. The zero-order chi connectivity index (χ0) is 6.10. The Morgan fingerprint density at radius 3 is 3.44 bits per heavy atom. The molecule has 0 saturated heterocycles. The lowest BCUT2D eigenvalue weighted by Gasteiger charge is -2.07. The number of quaternary nitrogens is 1. The second-order valence-corrected chi connectivity index (χ2v) is 3.40. The molecule has 0 saturated carbocycles. The molecule has 0 spiro atoms. The van der Waals surface area contributed by atoms with Crippen LogP contribution in [0.3, 0.4) is 0 Å². The van der Waals surface area contributed by atoms with Gasteiger partial charge in [0.2, 0.25) is 0 Å². The van der Waals surface area contributed by atoms with Gasteiger partial charge >= 0.3 is 0 Å². The molecule has 9 heavy (non-hydrogen) atoms. The molecule has 48 valence electrons. The Balaban J connectivity index is 2.39. The molecule has 0 amide bonds. The standard InChI is InChI=1S/C7H9NS/c1-3-8-5-6-2-4-9-7(1)6/h2,4,8H,1,3,5H2/p+1. The van der Waals surface area contributed by atoms with Crippen molar-refractivity contribution in [3.05, 3.63) is 21.9 Å². The summed E-state index contributed by atoms with van der Waals surface area (Å²) in [5.74, 6) is 0. The first kappa shape index (κ1) is 5.45. The highest BCUT2D eigenvalue weighted by Crippen LogP contribution is 2.17. The molecule has 2 heterocycles. The van der Waals surface area contributed by atoms with Crippen molar-refractivity contribution >= 4 is 11.3 Å². The van der Waals surface area contributed by atoms with E-state index in [4.69, 9.17) is 0 Å². The first-order chi connectivity index (χ1) is 4.47. The summed E-state index contributed by atoms with van der Waals surface area (Å²) in [7, 11) is 0. The van der Waals surface area contributed by atoms with E-state index in [1.54, 1.807) is 10.4 Å². The van der Waals surface area contributed by atoms with Crippen LogP contribution in [0.2, 0.25) is 0 Å². The first-order valence-corrected chi connectivity index (χ1v) is 4.22. The second kappa shape index (κ2) is 2.12. The van der Waals surface area contributed by atoms with Gasteiger partial charge < -0.3 is 5.32 Å². The molecule has 0 atom stereocenters. The van der Waals surface area contributed by atoms with Crippen LogP contribution in [-0.2, 0) is 13.0 Å². The van der Waals surface area contributed by atoms with Crippen LogP contribution in [0, 0.1) is 0 Å². The van der Waals surface area contributed by atoms with Crippen molar-refractivity contribution in [3.8, 4) is 0 Å². The van der Waals surface area contributed by atoms with Crippen molar-refractivity contribution in [1.29, 1.82) is 0 Å². The maximum Gasteiger partial charge on any atom is 0.102 e. The van der Waals surface area contributed by atoms with Crippen LogP contribution in [-0.4, -0.2) is 6.54 Å². The Kier molecular flexibility index (Phi) is 1.28. The Labute approximate surface area is 58.7 Å². The van der Waals surface area contributed by atoms with Gasteiger partial charge in [0.05, 0.1) is 6.54 Å². The van der Waals surface area contributed by atoms with Gasteiger partial charge in [-0.1, -0.05) is 0 Å². The molecular weight excluding hydrogens is 130 g/mol. The summed E-state index contributed by atoms with van der Waals surface area (Å²) in [6, 6.07) is 2.25. The maximum absolute atomic E-state index is 2.37. The molecule has 0 aromatic carbocycles. The fourth-order valence-corrected chi connectivity index (χ4v) is 2.19. The van der Waals surface area contributed by atoms with Gasteiger partial charge in [-0.25, -0.2) is 0 Å². The molecular formula is C7H10NS+. The largest absolute Gasteiger partial charge is 0.342 e. The minimum Gasteiger partial charge on any atom is -0.342 e. The third kappa shape index (κ3) is 0.884. The van der Waals surface area contributed by atoms with E-state index in [1.165, 1.54) is 19.5 Å². The average Bonchev–Trinajstić information content (AvgIpc) is 2.33. The molecule has 1 aromatic heterocycles. The van der Waals surface area contributed by atoms with Gasteiger partial charge in [-0.05, 0) is 11.4 Å². The van der Waals surface area contributed by atoms with Crippen LogP contribution in [0.4, 0.5) is 0 Å². The number of rotatable bonds is 0. The van der Waals surface area contributed by atoms with Gasteiger partial charge in [-0.2, -0.15) is 0 Å². The van der Waals surface area contributed by atoms with Crippen LogP contribution in [0.15, 0.2) is 11.4 Å². The highest BCUT2D eigenvalue weighted by molar-refractivity contribution is 7.10. The van der Waals surface area contributed by atoms with Crippen molar-refractivity contribution < 1.29 is 5.32 Å². The molecule has 0 aliphatic carbocycles. The van der Waals surface area contributed by atoms with E-state index in [2.05, 4.69) is 16.8 Å². The summed E-state index contributed by atoms with van der Waals surface area (Å²) in [5, 5.41) is 4.57. The van der Waals surface area contributed by atoms with Crippen molar-refractivity contribution in [1.82, 2.24) is 0 Å². The number of thiophene rings is 1. The molecule has 1 nitrogen and oxygen atoms in total. The molecule has 0 unspecified atom stereocenters. The Morgan fingerprint density at radius 2 is 2.56 bits per heavy atom. The number of fused-ring (bicyclic) bond motifs is 1. The molecule has 2 N–H and O–H groups in total. The molecule has 0 bridgehead atoms. The fourth-order valence-electron chi connectivity index (χ4n) is 1.26. The summed E-state index contributed by atoms with van der Waals surface area (Å²) in [6.45, 7) is 2.49. The van der Waals surface area contributed by atoms with Crippen LogP contribution < -0.4 is 5.32 Å². The molecule has 1 aliphatic heterocycles. The van der Waals surface area contributed by atoms with E-state index in [0.29, 0.717) is 0 Å². The summed E-state index contributed by atoms with van der Waals surface area (Å²) in [6.07, 6.45) is 1.28. The monoisotopic (exact) mass is 140 g/mol. The summed E-state index contributed by atoms with van der Waals surface area (Å²) < 4.78 is 0. The molecule has 0 radical (unpaired) electrons. The maximum atomic E-state index is 2.37. The third-order valence-electron chi connectivity index (χ3n) is 1.78. The van der Waals surface area contributed by atoms with Gasteiger partial charge in [0.1, 0.15) is 6.54 Å². The Bertz CT molecular complexity index is 184. The van der Waals surface area contributed by atoms with Gasteiger partial charge in [-0.15, -0.1) is 11.3 Å². The topological polar surface area (TPSA) is 16.6 Å². The second-order valence-electron chi connectivity index (χ2n) is 2.40. The summed E-state index contributed by atoms with van der Waals surface area (Å²) in [4.78, 5) is 1.61. The highest BCUT2D eigenvalue weighted by atomic mass is 32.1. The van der Waals surface area contributed by atoms with E-state index in [-0.39, 0.29) is 0 Å². The predicted molar refractivity (Wildman–Crippen MR) is 38.5 cm³/mol. The van der Waals surface area contributed by atoms with Gasteiger partial charge in [0.25, 0.3) is 0 Å². The zero-order valence-corrected chi connectivity index (χ0v) is 6.08. The zero-order valence-electron chi connectivity index (χ0n) is 5.26. The quantitative estimate of drug-likeness (QED) is 0.536. The predicted octanol–water partition coefficient (Wildman–Crippen LogP) is 0.368. The van der Waals surface area contributed by atoms with Crippen molar-refractivity contribution in [2.45, 2.75) is 13.0 Å². The average molecular weight is 140 g/mol. The van der Waals surface area contributed by atoms with Crippen LogP contribution in [0.25, 0.3) is 0 Å². The van der Waals surface area contributed by atoms with Crippen molar-refractivity contribution in [3.63, 3.8) is 0 Å². The van der Waals surface area contributed by atoms with Gasteiger partial charge in [0.15, 0.2) is 0 Å². The fraction of sp³-hybridized carbons (Fsp3) is 0.429. The lowest BCUT2D eigenvalue weighted by Crippen LogP contribution is -2.84. The third-order valence-corrected chi connectivity index (χ3v) is 2.80. The Morgan fingerprint density at radius 1 is 1.56 bits per heavy atom. The minimum atomic E-state index is 1.21. The van der Waals surface area contributed by atoms with Gasteiger partial charge in [0, 0.05) is 16.9 Å². The highest BCUT2D eigenvalue weighted by Gasteiger charge is 2.10. The lowest BCUT2D eigenvalue weighted by molar-refractivity contribution is -0.673. The SMILES string of the molecule is c1cc2c(s1)CC[NH2+]C2. The lowest BCUT2D eigenvalue weighted by atomic mass is 10.1. The number of hydrogen-bond donors (Lipinski definition) is 1. The molecule has 1 aromatic rings. The first-order valence-electron chi connectivity index (χ1n) is 3.34. The van der Waals surface area contributed by atoms with E-state index >= 15 is 0 Å². The van der Waals surface area contributed by atoms with Crippen molar-refractivity contribution in [2.75, 3.05) is 6.54 Å². The smallest absolute Gasteiger partial charge is 0.102 e. The summed E-state index contributed by atoms with van der Waals surface area (Å²) >= 11 is 1.91. The molecule has 0 fully saturated rings. The van der Waals surface area contributed by atoms with Crippen LogP contribution in [0.1, 0.15) is 10.4 Å². The molecule has 1 aliphatic rings. The number of hydrogen-bond acceptors (Lipinski definition) is 1. The van der Waals surface area contributed by atoms with Gasteiger partial charge in [-0.3, -0.25) is 0 Å². The molecule has 2 rings (SSSR count). The van der Waals surface area contributed by atoms with Crippen molar-refractivity contribution in [2.24, 2.45) is 0 Å². The Hall–Kier alpha value is -0.340. The van der Waals surface area contributed by atoms with Crippen LogP contribution in [0.5, 0.6) is 0 Å². The molecule has 2 heteroatoms. The van der Waals surface area contributed by atoms with E-state index in [0.717, 1.165) is 0 Å². The van der Waals surface area contributed by atoms with E-state index < -0.39 is 0 Å². The van der Waals surface area contributed by atoms with E-state index in [1.807, 2.05) is 11.3 Å². The normalized spacial score (nSPS) is 17.3.